The van der Waals surface area contributed by atoms with E-state index in [2.05, 4.69) is 89.9 Å². The third-order valence-electron chi connectivity index (χ3n) is 19.1. The van der Waals surface area contributed by atoms with Crippen molar-refractivity contribution in [3.63, 3.8) is 0 Å². The van der Waals surface area contributed by atoms with Crippen LogP contribution < -0.4 is 20.4 Å². The van der Waals surface area contributed by atoms with E-state index in [0.29, 0.717) is 63.7 Å². The van der Waals surface area contributed by atoms with Gasteiger partial charge in [-0.2, -0.15) is 0 Å². The van der Waals surface area contributed by atoms with Gasteiger partial charge in [0.05, 0.1) is 28.9 Å². The SMILES string of the molecule is CC(C)n1cnc2cc(-c3ccc4c(c3)N(C3CC(N5CCCCC5)C3)C(=O)C43CCN(C(=O)[C@H]4C[C@H]5CC[C@@H](C4)N5C(=O)C4CCN(c5ccc(C6CCC(=O)NC6=O)cc5)CC4)CC3)nc(NC3CC3)c21. The lowest BCUT2D eigenvalue weighted by Gasteiger charge is -2.48. The van der Waals surface area contributed by atoms with E-state index in [9.17, 15) is 19.2 Å². The largest absolute Gasteiger partial charge is 0.371 e. The van der Waals surface area contributed by atoms with Crippen LogP contribution in [0.25, 0.3) is 22.3 Å². The Morgan fingerprint density at radius 1 is 0.740 bits per heavy atom. The molecule has 6 saturated heterocycles. The molecule has 4 atom stereocenters. The normalized spacial score (nSPS) is 28.5. The van der Waals surface area contributed by atoms with Crippen molar-refractivity contribution in [3.05, 3.63) is 66.0 Å². The van der Waals surface area contributed by atoms with Gasteiger partial charge in [-0.15, -0.1) is 0 Å². The minimum absolute atomic E-state index is 0.0259. The number of imide groups is 1. The molecule has 2 saturated carbocycles. The molecule has 8 fully saturated rings. The molecule has 9 heterocycles. The molecule has 73 heavy (non-hydrogen) atoms. The Hall–Kier alpha value is -5.83. The van der Waals surface area contributed by atoms with Gasteiger partial charge in [-0.1, -0.05) is 30.7 Å². The zero-order chi connectivity index (χ0) is 49.7. The zero-order valence-electron chi connectivity index (χ0n) is 42.8. The summed E-state index contributed by atoms with van der Waals surface area (Å²) >= 11 is 0. The van der Waals surface area contributed by atoms with Crippen molar-refractivity contribution in [3.8, 4) is 11.3 Å². The number of carbonyl (C=O) groups excluding carboxylic acids is 5. The van der Waals surface area contributed by atoms with Crippen LogP contribution in [0.15, 0.2) is 54.9 Å². The van der Waals surface area contributed by atoms with Gasteiger partial charge in [0.15, 0.2) is 5.82 Å². The van der Waals surface area contributed by atoms with Gasteiger partial charge in [0, 0.05) is 97.6 Å². The van der Waals surface area contributed by atoms with Crippen LogP contribution >= 0.6 is 0 Å². The smallest absolute Gasteiger partial charge is 0.238 e. The maximum Gasteiger partial charge on any atom is 0.238 e. The van der Waals surface area contributed by atoms with E-state index < -0.39 is 5.41 Å². The van der Waals surface area contributed by atoms with Gasteiger partial charge in [0.1, 0.15) is 5.52 Å². The fraction of sp³-hybridized carbons (Fsp3) is 0.603. The second-order valence-electron chi connectivity index (χ2n) is 23.7. The van der Waals surface area contributed by atoms with Crippen LogP contribution in [0, 0.1) is 11.8 Å². The number of hydrogen-bond acceptors (Lipinski definition) is 10. The van der Waals surface area contributed by atoms with Crippen LogP contribution in [0.5, 0.6) is 0 Å². The number of fused-ring (bicyclic) bond motifs is 5. The van der Waals surface area contributed by atoms with Gasteiger partial charge in [0.25, 0.3) is 0 Å². The quantitative estimate of drug-likeness (QED) is 0.151. The maximum atomic E-state index is 15.3. The second kappa shape index (κ2) is 18.5. The predicted octanol–water partition coefficient (Wildman–Crippen LogP) is 7.68. The van der Waals surface area contributed by atoms with Crippen LogP contribution in [0.2, 0.25) is 0 Å². The Labute approximate surface area is 428 Å². The van der Waals surface area contributed by atoms with Crippen molar-refractivity contribution in [1.82, 2.24) is 34.6 Å². The number of benzene rings is 2. The lowest BCUT2D eigenvalue weighted by molar-refractivity contribution is -0.148. The molecule has 384 valence electrons. The summed E-state index contributed by atoms with van der Waals surface area (Å²) in [6.45, 7) is 9.36. The molecular formula is C58H72N10O5. The molecule has 2 N–H and O–H groups in total. The average Bonchev–Trinajstić information content (AvgIpc) is 3.98. The van der Waals surface area contributed by atoms with Gasteiger partial charge in [-0.3, -0.25) is 29.3 Å². The number of hydrogen-bond donors (Lipinski definition) is 2. The Bertz CT molecular complexity index is 2820. The van der Waals surface area contributed by atoms with Crippen molar-refractivity contribution in [2.45, 2.75) is 171 Å². The first-order chi connectivity index (χ1) is 35.5. The molecule has 2 aromatic carbocycles. The first-order valence-corrected chi connectivity index (χ1v) is 28.2. The molecule has 5 amide bonds. The topological polar surface area (TPSA) is 156 Å². The molecule has 1 spiro atoms. The summed E-state index contributed by atoms with van der Waals surface area (Å²) in [6, 6.07) is 18.4. The standard InChI is InChI=1S/C58H72N10O5/c1-35(2)66-34-59-49-33-48(61-53(52(49)66)60-40-9-10-40)38-8-16-47-50(30-38)68(45-31-44(32-45)63-22-4-3-5-23-63)57(73)58(47)20-26-65(27-21-58)55(71)39-28-42-13-14-43(29-39)67(42)56(72)37-18-24-64(25-19-37)41-11-6-36(7-12-41)46-15-17-51(69)62-54(46)70/h6-8,11-12,16,30,33-35,37,39-40,42-46H,3-5,9-10,13-15,17-29,31-32H2,1-2H3,(H,60,61)(H,62,69,70)/t39-,42+,43-,44?,45?,46?. The number of likely N-dealkylation sites (tertiary alicyclic amines) is 2. The minimum Gasteiger partial charge on any atom is -0.371 e. The number of piperidine rings is 5. The molecule has 15 heteroatoms. The Kier molecular flexibility index (Phi) is 11.9. The van der Waals surface area contributed by atoms with Crippen molar-refractivity contribution in [2.24, 2.45) is 11.8 Å². The summed E-state index contributed by atoms with van der Waals surface area (Å²) < 4.78 is 2.20. The van der Waals surface area contributed by atoms with Crippen molar-refractivity contribution in [2.75, 3.05) is 54.4 Å². The van der Waals surface area contributed by atoms with E-state index >= 15 is 4.79 Å². The van der Waals surface area contributed by atoms with Crippen molar-refractivity contribution >= 4 is 57.8 Å². The third kappa shape index (κ3) is 8.30. The predicted molar refractivity (Wildman–Crippen MR) is 280 cm³/mol. The highest BCUT2D eigenvalue weighted by molar-refractivity contribution is 6.09. The molecule has 7 aliphatic heterocycles. The van der Waals surface area contributed by atoms with Gasteiger partial charge < -0.3 is 34.4 Å². The molecule has 13 rings (SSSR count). The number of nitrogens with one attached hydrogen (secondary N) is 2. The Morgan fingerprint density at radius 3 is 2.15 bits per heavy atom. The summed E-state index contributed by atoms with van der Waals surface area (Å²) in [6.07, 6.45) is 17.1. The molecule has 2 bridgehead atoms. The van der Waals surface area contributed by atoms with E-state index in [1.54, 1.807) is 0 Å². The molecule has 15 nitrogen and oxygen atoms in total. The molecule has 1 unspecified atom stereocenters. The average molecular weight is 989 g/mol. The van der Waals surface area contributed by atoms with E-state index in [-0.39, 0.29) is 71.5 Å². The molecule has 4 aromatic rings. The van der Waals surface area contributed by atoms with Crippen molar-refractivity contribution in [1.29, 1.82) is 0 Å². The summed E-state index contributed by atoms with van der Waals surface area (Å²) in [7, 11) is 0. The first-order valence-electron chi connectivity index (χ1n) is 28.2. The maximum absolute atomic E-state index is 15.3. The van der Waals surface area contributed by atoms with Crippen LogP contribution in [-0.2, 0) is 29.4 Å². The summed E-state index contributed by atoms with van der Waals surface area (Å²) in [5.74, 6) is 0.693. The van der Waals surface area contributed by atoms with Gasteiger partial charge >= 0.3 is 0 Å². The summed E-state index contributed by atoms with van der Waals surface area (Å²) in [4.78, 5) is 89.9. The number of imidazole rings is 1. The monoisotopic (exact) mass is 989 g/mol. The van der Waals surface area contributed by atoms with Crippen LogP contribution in [0.1, 0.15) is 146 Å². The van der Waals surface area contributed by atoms with E-state index in [1.165, 1.54) is 19.3 Å². The molecule has 2 aliphatic carbocycles. The summed E-state index contributed by atoms with van der Waals surface area (Å²) in [5.41, 5.74) is 7.29. The van der Waals surface area contributed by atoms with Gasteiger partial charge in [-0.05, 0) is 159 Å². The first kappa shape index (κ1) is 46.9. The number of rotatable bonds is 10. The minimum atomic E-state index is -0.670. The van der Waals surface area contributed by atoms with E-state index in [1.807, 2.05) is 18.5 Å². The molecule has 0 radical (unpaired) electrons. The number of amides is 5. The number of aromatic nitrogens is 3. The van der Waals surface area contributed by atoms with Crippen LogP contribution in [-0.4, -0.2) is 128 Å². The molecular weight excluding hydrogens is 917 g/mol. The van der Waals surface area contributed by atoms with Crippen molar-refractivity contribution < 1.29 is 24.0 Å². The highest BCUT2D eigenvalue weighted by atomic mass is 16.2. The number of anilines is 3. The van der Waals surface area contributed by atoms with Crippen LogP contribution in [0.4, 0.5) is 17.2 Å². The Morgan fingerprint density at radius 2 is 1.47 bits per heavy atom. The third-order valence-corrected chi connectivity index (χ3v) is 19.1. The van der Waals surface area contributed by atoms with Gasteiger partial charge in [0.2, 0.25) is 29.5 Å². The molecule has 9 aliphatic rings. The van der Waals surface area contributed by atoms with Crippen LogP contribution in [0.3, 0.4) is 0 Å². The lowest BCUT2D eigenvalue weighted by atomic mass is 9.73. The highest BCUT2D eigenvalue weighted by Crippen LogP contribution is 2.53. The molecule has 2 aromatic heterocycles. The summed E-state index contributed by atoms with van der Waals surface area (Å²) in [5, 5.41) is 6.18. The number of nitrogens with zero attached hydrogens (tertiary/aromatic N) is 8. The zero-order valence-corrected chi connectivity index (χ0v) is 42.8. The highest BCUT2D eigenvalue weighted by Gasteiger charge is 2.57. The number of carbonyl (C=O) groups is 5. The second-order valence-corrected chi connectivity index (χ2v) is 23.7. The fourth-order valence-corrected chi connectivity index (χ4v) is 14.7. The van der Waals surface area contributed by atoms with E-state index in [0.717, 1.165) is 128 Å². The van der Waals surface area contributed by atoms with E-state index in [4.69, 9.17) is 9.97 Å². The number of pyridine rings is 1. The Balaban J connectivity index is 0.678. The fourth-order valence-electron chi connectivity index (χ4n) is 14.7. The van der Waals surface area contributed by atoms with Gasteiger partial charge in [-0.25, -0.2) is 9.97 Å². The lowest BCUT2D eigenvalue weighted by Crippen LogP contribution is -2.59.